The van der Waals surface area contributed by atoms with Crippen LogP contribution in [0, 0.1) is 17.1 Å². The molecule has 0 bridgehead atoms. The van der Waals surface area contributed by atoms with E-state index in [-0.39, 0.29) is 18.3 Å². The summed E-state index contributed by atoms with van der Waals surface area (Å²) in [5, 5.41) is 9.57. The number of fused-ring (bicyclic) bond motifs is 1. The lowest BCUT2D eigenvalue weighted by Gasteiger charge is -2.20. The van der Waals surface area contributed by atoms with Crippen LogP contribution in [0.4, 0.5) is 4.39 Å². The molecule has 122 valence electrons. The minimum absolute atomic E-state index is 0.0847. The van der Waals surface area contributed by atoms with Gasteiger partial charge in [0.05, 0.1) is 12.6 Å². The number of nitrogens with zero attached hydrogens (tertiary/aromatic N) is 3. The third kappa shape index (κ3) is 2.89. The molecule has 0 aliphatic carbocycles. The number of hydrogen-bond acceptors (Lipinski definition) is 3. The summed E-state index contributed by atoms with van der Waals surface area (Å²) in [7, 11) is 3.93. The van der Waals surface area contributed by atoms with Crippen LogP contribution in [0.2, 0.25) is 0 Å². The summed E-state index contributed by atoms with van der Waals surface area (Å²) >= 11 is 0. The van der Waals surface area contributed by atoms with Crippen LogP contribution in [0.5, 0.6) is 0 Å². The van der Waals surface area contributed by atoms with Gasteiger partial charge >= 0.3 is 0 Å². The van der Waals surface area contributed by atoms with Crippen LogP contribution in [0.15, 0.2) is 42.5 Å². The van der Waals surface area contributed by atoms with Crippen LogP contribution in [-0.2, 0) is 13.1 Å². The first kappa shape index (κ1) is 16.2. The highest BCUT2D eigenvalue weighted by molar-refractivity contribution is 5.99. The fourth-order valence-electron chi connectivity index (χ4n) is 3.05. The lowest BCUT2D eigenvalue weighted by molar-refractivity contribution is 0.0743. The van der Waals surface area contributed by atoms with Gasteiger partial charge in [-0.2, -0.15) is 5.26 Å². The molecule has 0 saturated heterocycles. The second-order valence-electron chi connectivity index (χ2n) is 6.22. The number of hydrogen-bond donors (Lipinski definition) is 0. The van der Waals surface area contributed by atoms with Crippen molar-refractivity contribution in [2.24, 2.45) is 0 Å². The van der Waals surface area contributed by atoms with Gasteiger partial charge in [-0.3, -0.25) is 4.79 Å². The van der Waals surface area contributed by atoms with Crippen molar-refractivity contribution in [3.63, 3.8) is 0 Å². The summed E-state index contributed by atoms with van der Waals surface area (Å²) in [5.74, 6) is -0.595. The summed E-state index contributed by atoms with van der Waals surface area (Å²) in [6.07, 6.45) is 0. The topological polar surface area (TPSA) is 47.3 Å². The smallest absolute Gasteiger partial charge is 0.255 e. The van der Waals surface area contributed by atoms with Gasteiger partial charge in [-0.25, -0.2) is 4.39 Å². The number of benzene rings is 2. The predicted molar refractivity (Wildman–Crippen MR) is 88.5 cm³/mol. The molecule has 0 radical (unpaired) electrons. The maximum atomic E-state index is 13.9. The Labute approximate surface area is 140 Å². The highest BCUT2D eigenvalue weighted by Gasteiger charge is 2.37. The fraction of sp³-hybridized carbons (Fsp3) is 0.263. The maximum absolute atomic E-state index is 13.9. The average Bonchev–Trinajstić information content (AvgIpc) is 2.80. The zero-order valence-electron chi connectivity index (χ0n) is 13.7. The van der Waals surface area contributed by atoms with Gasteiger partial charge in [0, 0.05) is 23.2 Å². The van der Waals surface area contributed by atoms with Crippen molar-refractivity contribution >= 4 is 5.91 Å². The molecule has 2 aromatic carbocycles. The van der Waals surface area contributed by atoms with Crippen molar-refractivity contribution < 1.29 is 9.18 Å². The van der Waals surface area contributed by atoms with Gasteiger partial charge in [-0.15, -0.1) is 0 Å². The molecule has 1 heterocycles. The number of rotatable bonds is 4. The SMILES string of the molecule is CN(C)Cc1ccc2c(c1)C(C#N)N(Cc1ccccc1F)C2=O. The Morgan fingerprint density at radius 1 is 1.25 bits per heavy atom. The van der Waals surface area contributed by atoms with Crippen molar-refractivity contribution in [1.82, 2.24) is 9.80 Å². The van der Waals surface area contributed by atoms with Crippen LogP contribution < -0.4 is 0 Å². The highest BCUT2D eigenvalue weighted by atomic mass is 19.1. The van der Waals surface area contributed by atoms with E-state index in [1.54, 1.807) is 24.3 Å². The van der Waals surface area contributed by atoms with Crippen molar-refractivity contribution in [2.75, 3.05) is 14.1 Å². The second kappa shape index (κ2) is 6.42. The minimum Gasteiger partial charge on any atom is -0.314 e. The van der Waals surface area contributed by atoms with Crippen molar-refractivity contribution in [3.05, 3.63) is 70.5 Å². The van der Waals surface area contributed by atoms with Crippen LogP contribution in [0.25, 0.3) is 0 Å². The quantitative estimate of drug-likeness (QED) is 0.868. The largest absolute Gasteiger partial charge is 0.314 e. The zero-order chi connectivity index (χ0) is 17.3. The molecule has 0 aromatic heterocycles. The number of carbonyl (C=O) groups excluding carboxylic acids is 1. The summed E-state index contributed by atoms with van der Waals surface area (Å²) in [5.41, 5.74) is 2.69. The average molecular weight is 323 g/mol. The van der Waals surface area contributed by atoms with Crippen molar-refractivity contribution in [1.29, 1.82) is 5.26 Å². The Balaban J connectivity index is 1.94. The Bertz CT molecular complexity index is 826. The normalized spacial score (nSPS) is 16.4. The first-order chi connectivity index (χ1) is 11.5. The van der Waals surface area contributed by atoms with E-state index in [9.17, 15) is 14.4 Å². The molecule has 4 nitrogen and oxygen atoms in total. The Morgan fingerprint density at radius 3 is 2.67 bits per heavy atom. The van der Waals surface area contributed by atoms with Crippen molar-refractivity contribution in [2.45, 2.75) is 19.1 Å². The molecule has 5 heteroatoms. The zero-order valence-corrected chi connectivity index (χ0v) is 13.7. The molecule has 0 N–H and O–H groups in total. The predicted octanol–water partition coefficient (Wildman–Crippen LogP) is 3.11. The standard InChI is InChI=1S/C19H18FN3O/c1-22(2)11-13-7-8-15-16(9-13)18(10-21)23(19(15)24)12-14-5-3-4-6-17(14)20/h3-9,18H,11-12H2,1-2H3. The third-order valence-electron chi connectivity index (χ3n) is 4.13. The molecule has 2 aromatic rings. The lowest BCUT2D eigenvalue weighted by Crippen LogP contribution is -2.27. The third-order valence-corrected chi connectivity index (χ3v) is 4.13. The molecule has 1 amide bonds. The van der Waals surface area contributed by atoms with Crippen LogP contribution in [-0.4, -0.2) is 29.8 Å². The molecule has 0 fully saturated rings. The molecule has 3 rings (SSSR count). The van der Waals surface area contributed by atoms with Gasteiger partial charge in [-0.05, 0) is 31.8 Å². The first-order valence-electron chi connectivity index (χ1n) is 7.73. The first-order valence-corrected chi connectivity index (χ1v) is 7.73. The minimum atomic E-state index is -0.686. The van der Waals surface area contributed by atoms with E-state index < -0.39 is 6.04 Å². The molecule has 1 aliphatic rings. The highest BCUT2D eigenvalue weighted by Crippen LogP contribution is 2.35. The van der Waals surface area contributed by atoms with E-state index in [4.69, 9.17) is 0 Å². The van der Waals surface area contributed by atoms with E-state index >= 15 is 0 Å². The molecule has 1 unspecified atom stereocenters. The monoisotopic (exact) mass is 323 g/mol. The molecule has 1 atom stereocenters. The number of halogens is 1. The van der Waals surface area contributed by atoms with Gasteiger partial charge < -0.3 is 9.80 Å². The van der Waals surface area contributed by atoms with E-state index in [2.05, 4.69) is 6.07 Å². The molecule has 24 heavy (non-hydrogen) atoms. The Hall–Kier alpha value is -2.71. The Kier molecular flexibility index (Phi) is 4.32. The Morgan fingerprint density at radius 2 is 2.00 bits per heavy atom. The van der Waals surface area contributed by atoms with Gasteiger partial charge in [0.1, 0.15) is 11.9 Å². The summed E-state index contributed by atoms with van der Waals surface area (Å²) < 4.78 is 13.9. The number of carbonyl (C=O) groups is 1. The molecular weight excluding hydrogens is 305 g/mol. The lowest BCUT2D eigenvalue weighted by atomic mass is 10.0. The van der Waals surface area contributed by atoms with E-state index in [1.807, 2.05) is 31.1 Å². The van der Waals surface area contributed by atoms with Gasteiger partial charge in [-0.1, -0.05) is 30.3 Å². The van der Waals surface area contributed by atoms with Crippen molar-refractivity contribution in [3.8, 4) is 6.07 Å². The molecule has 0 spiro atoms. The maximum Gasteiger partial charge on any atom is 0.255 e. The van der Waals surface area contributed by atoms with E-state index in [1.165, 1.54) is 11.0 Å². The molecule has 0 saturated carbocycles. The number of nitriles is 1. The van der Waals surface area contributed by atoms with Gasteiger partial charge in [0.2, 0.25) is 0 Å². The van der Waals surface area contributed by atoms with Crippen LogP contribution >= 0.6 is 0 Å². The fourth-order valence-corrected chi connectivity index (χ4v) is 3.05. The number of amides is 1. The van der Waals surface area contributed by atoms with Gasteiger partial charge in [0.15, 0.2) is 0 Å². The molecule has 1 aliphatic heterocycles. The summed E-state index contributed by atoms with van der Waals surface area (Å²) in [4.78, 5) is 16.1. The summed E-state index contributed by atoms with van der Waals surface area (Å²) in [6.45, 7) is 0.814. The van der Waals surface area contributed by atoms with Gasteiger partial charge in [0.25, 0.3) is 5.91 Å². The summed E-state index contributed by atoms with van der Waals surface area (Å²) in [6, 6.07) is 13.4. The van der Waals surface area contributed by atoms with E-state index in [0.29, 0.717) is 16.7 Å². The van der Waals surface area contributed by atoms with Crippen LogP contribution in [0.3, 0.4) is 0 Å². The molecular formula is C19H18FN3O. The second-order valence-corrected chi connectivity index (χ2v) is 6.22. The van der Waals surface area contributed by atoms with E-state index in [0.717, 1.165) is 12.1 Å². The van der Waals surface area contributed by atoms with Crippen LogP contribution in [0.1, 0.15) is 33.1 Å².